The number of hydrogen-bond donors (Lipinski definition) is 0. The molecule has 0 atom stereocenters. The van der Waals surface area contributed by atoms with Crippen LogP contribution in [0.2, 0.25) is 0 Å². The summed E-state index contributed by atoms with van der Waals surface area (Å²) in [6.45, 7) is 23.5. The maximum absolute atomic E-state index is 6.93. The molecular weight excluding hydrogens is 769 g/mol. The fraction of sp³-hybridized carbons (Fsp3) is 0.259. The molecule has 3 heterocycles. The largest absolute Gasteiger partial charge is 0.457 e. The van der Waals surface area contributed by atoms with Crippen LogP contribution in [0.25, 0.3) is 27.6 Å². The molecule has 63 heavy (non-hydrogen) atoms. The quantitative estimate of drug-likeness (QED) is 0.145. The van der Waals surface area contributed by atoms with E-state index in [-0.39, 0.29) is 21.7 Å². The maximum Gasteiger partial charge on any atom is 0.137 e. The van der Waals surface area contributed by atoms with Gasteiger partial charge in [-0.3, -0.25) is 4.57 Å². The van der Waals surface area contributed by atoms with Crippen LogP contribution in [0.1, 0.15) is 103 Å². The Bertz CT molecular complexity index is 2980. The summed E-state index contributed by atoms with van der Waals surface area (Å²) in [5.74, 6) is 2.47. The lowest BCUT2D eigenvalue weighted by Crippen LogP contribution is -2.26. The van der Waals surface area contributed by atoms with Gasteiger partial charge in [-0.2, -0.15) is 0 Å². The van der Waals surface area contributed by atoms with E-state index in [0.717, 1.165) is 39.4 Å². The Kier molecular flexibility index (Phi) is 10.4. The Morgan fingerprint density at radius 3 is 1.68 bits per heavy atom. The molecule has 0 saturated heterocycles. The summed E-state index contributed by atoms with van der Waals surface area (Å²) in [6.07, 6.45) is 6.30. The first-order chi connectivity index (χ1) is 30.0. The minimum Gasteiger partial charge on any atom is -0.457 e. The van der Waals surface area contributed by atoms with E-state index in [1.807, 2.05) is 6.20 Å². The predicted octanol–water partition coefficient (Wildman–Crippen LogP) is 15.0. The van der Waals surface area contributed by atoms with Gasteiger partial charge in [0.05, 0.1) is 17.7 Å². The maximum atomic E-state index is 6.93. The molecule has 1 aliphatic heterocycles. The number of fused-ring (bicyclic) bond motifs is 3. The number of hydrogen-bond acceptors (Lipinski definition) is 4. The van der Waals surface area contributed by atoms with Gasteiger partial charge in [0.25, 0.3) is 0 Å². The second-order valence-electron chi connectivity index (χ2n) is 20.4. The first-order valence-electron chi connectivity index (χ1n) is 22.3. The van der Waals surface area contributed by atoms with Gasteiger partial charge in [-0.05, 0) is 105 Å². The lowest BCUT2D eigenvalue weighted by molar-refractivity contribution is 0.479. The molecular formula is C58H60N4O. The number of pyridine rings is 1. The van der Waals surface area contributed by atoms with Crippen molar-refractivity contribution in [2.75, 3.05) is 16.5 Å². The van der Waals surface area contributed by atoms with Crippen LogP contribution in [0, 0.1) is 0 Å². The zero-order valence-electron chi connectivity index (χ0n) is 38.6. The summed E-state index contributed by atoms with van der Waals surface area (Å²) in [5, 5.41) is 2.35. The normalized spacial score (nSPS) is 13.7. The van der Waals surface area contributed by atoms with Crippen molar-refractivity contribution in [3.8, 4) is 17.3 Å². The van der Waals surface area contributed by atoms with Crippen LogP contribution in [0.4, 0.5) is 11.4 Å². The monoisotopic (exact) mass is 828 g/mol. The molecule has 0 spiro atoms. The van der Waals surface area contributed by atoms with Crippen molar-refractivity contribution in [3.05, 3.63) is 204 Å². The van der Waals surface area contributed by atoms with E-state index in [0.29, 0.717) is 6.67 Å². The Morgan fingerprint density at radius 1 is 0.429 bits per heavy atom. The lowest BCUT2D eigenvalue weighted by atomic mass is 9.78. The zero-order valence-corrected chi connectivity index (χ0v) is 38.6. The van der Waals surface area contributed by atoms with Crippen molar-refractivity contribution < 1.29 is 4.74 Å². The van der Waals surface area contributed by atoms with Gasteiger partial charge in [-0.25, -0.2) is 4.98 Å². The summed E-state index contributed by atoms with van der Waals surface area (Å²) >= 11 is 0. The summed E-state index contributed by atoms with van der Waals surface area (Å²) in [7, 11) is 0. The Balaban J connectivity index is 1.08. The number of aromatic nitrogens is 2. The molecule has 0 unspecified atom stereocenters. The third-order valence-electron chi connectivity index (χ3n) is 13.2. The highest BCUT2D eigenvalue weighted by Crippen LogP contribution is 2.41. The molecule has 318 valence electrons. The Morgan fingerprint density at radius 2 is 1.03 bits per heavy atom. The summed E-state index contributed by atoms with van der Waals surface area (Å²) in [6, 6.07) is 55.0. The van der Waals surface area contributed by atoms with Crippen molar-refractivity contribution in [1.82, 2.24) is 9.55 Å². The van der Waals surface area contributed by atoms with Gasteiger partial charge >= 0.3 is 0 Å². The minimum atomic E-state index is -0.183. The van der Waals surface area contributed by atoms with Crippen LogP contribution >= 0.6 is 0 Å². The standard InChI is InChI=1S/C58H60N4O/c1-55(2,3)42-28-29-59-54(36-42)62-52-27-24-44(58(9,10)41-20-15-12-16-21-41)35-51(52)50-26-25-48(38-53(50)62)63-49-34-45(56(4,5)6)33-47(37-49)61-31-30-60(39-61)46-23-17-22-43(32-46)57(7,8)40-18-13-11-14-19-40/h11-38H,39H2,1-10H3. The fourth-order valence-corrected chi connectivity index (χ4v) is 8.96. The van der Waals surface area contributed by atoms with Gasteiger partial charge in [0.15, 0.2) is 0 Å². The van der Waals surface area contributed by atoms with Crippen molar-refractivity contribution in [2.24, 2.45) is 0 Å². The van der Waals surface area contributed by atoms with Crippen LogP contribution in [0.3, 0.4) is 0 Å². The smallest absolute Gasteiger partial charge is 0.137 e. The summed E-state index contributed by atoms with van der Waals surface area (Å²) < 4.78 is 9.24. The first-order valence-corrected chi connectivity index (χ1v) is 22.3. The van der Waals surface area contributed by atoms with Gasteiger partial charge < -0.3 is 14.5 Å². The van der Waals surface area contributed by atoms with Crippen LogP contribution < -0.4 is 14.5 Å². The molecule has 0 saturated carbocycles. The van der Waals surface area contributed by atoms with E-state index in [2.05, 4.69) is 248 Å². The molecule has 0 aliphatic carbocycles. The number of nitrogens with zero attached hydrogens (tertiary/aromatic N) is 4. The van der Waals surface area contributed by atoms with E-state index in [4.69, 9.17) is 9.72 Å². The van der Waals surface area contributed by atoms with E-state index in [1.54, 1.807) is 0 Å². The highest BCUT2D eigenvalue weighted by atomic mass is 16.5. The van der Waals surface area contributed by atoms with E-state index in [9.17, 15) is 0 Å². The number of benzene rings is 6. The molecule has 9 rings (SSSR count). The van der Waals surface area contributed by atoms with Crippen LogP contribution in [0.5, 0.6) is 11.5 Å². The van der Waals surface area contributed by atoms with Gasteiger partial charge in [0.2, 0.25) is 0 Å². The minimum absolute atomic E-state index is 0.0295. The second kappa shape index (κ2) is 15.6. The molecule has 8 aromatic rings. The van der Waals surface area contributed by atoms with Crippen LogP contribution in [-0.4, -0.2) is 16.2 Å². The van der Waals surface area contributed by atoms with Crippen molar-refractivity contribution in [3.63, 3.8) is 0 Å². The van der Waals surface area contributed by atoms with E-state index in [1.165, 1.54) is 44.5 Å². The first kappa shape index (κ1) is 41.7. The zero-order chi connectivity index (χ0) is 44.3. The molecule has 5 heteroatoms. The van der Waals surface area contributed by atoms with Crippen LogP contribution in [0.15, 0.2) is 170 Å². The van der Waals surface area contributed by atoms with Gasteiger partial charge in [-0.1, -0.05) is 148 Å². The van der Waals surface area contributed by atoms with Gasteiger partial charge in [0, 0.05) is 63.7 Å². The van der Waals surface area contributed by atoms with Gasteiger partial charge in [-0.15, -0.1) is 0 Å². The fourth-order valence-electron chi connectivity index (χ4n) is 8.96. The Hall–Kier alpha value is -6.59. The number of ether oxygens (including phenoxy) is 1. The molecule has 1 aliphatic rings. The summed E-state index contributed by atoms with van der Waals surface area (Å²) in [5.41, 5.74) is 11.6. The molecule has 0 radical (unpaired) electrons. The average molecular weight is 829 g/mol. The second-order valence-corrected chi connectivity index (χ2v) is 20.4. The molecule has 0 bridgehead atoms. The predicted molar refractivity (Wildman–Crippen MR) is 265 cm³/mol. The SMILES string of the molecule is CC(C)(C)c1cc(Oc2ccc3c4cc(C(C)(C)c5ccccc5)ccc4n(-c4cc(C(C)(C)C)ccn4)c3c2)cc(N2C=CN(c3cccc(C(C)(C)c4ccccc4)c3)C2)c1. The van der Waals surface area contributed by atoms with Crippen LogP contribution in [-0.2, 0) is 21.7 Å². The van der Waals surface area contributed by atoms with E-state index >= 15 is 0 Å². The third kappa shape index (κ3) is 8.02. The van der Waals surface area contributed by atoms with Crippen molar-refractivity contribution >= 4 is 33.2 Å². The molecule has 0 amide bonds. The average Bonchev–Trinajstić information content (AvgIpc) is 3.90. The van der Waals surface area contributed by atoms with Crippen molar-refractivity contribution in [2.45, 2.75) is 90.9 Å². The topological polar surface area (TPSA) is 33.5 Å². The molecule has 5 nitrogen and oxygen atoms in total. The number of anilines is 2. The molecule has 2 aromatic heterocycles. The van der Waals surface area contributed by atoms with Crippen molar-refractivity contribution in [1.29, 1.82) is 0 Å². The third-order valence-corrected chi connectivity index (χ3v) is 13.2. The molecule has 0 fully saturated rings. The molecule has 0 N–H and O–H groups in total. The summed E-state index contributed by atoms with van der Waals surface area (Å²) in [4.78, 5) is 9.61. The highest BCUT2D eigenvalue weighted by Gasteiger charge is 2.27. The Labute approximate surface area is 374 Å². The molecule has 6 aromatic carbocycles. The highest BCUT2D eigenvalue weighted by molar-refractivity contribution is 6.10. The van der Waals surface area contributed by atoms with E-state index < -0.39 is 0 Å². The lowest BCUT2D eigenvalue weighted by Gasteiger charge is -2.28. The number of rotatable bonds is 9. The van der Waals surface area contributed by atoms with Gasteiger partial charge in [0.1, 0.15) is 17.3 Å².